The standard InChI is InChI=1S/C8H10N4O/c1-5(13-2)8-11-4-6(3-9)7(10)12-8/h4-5H,1-2H3,(H2,10,11,12). The minimum Gasteiger partial charge on any atom is -0.382 e. The van der Waals surface area contributed by atoms with Crippen molar-refractivity contribution in [2.75, 3.05) is 12.8 Å². The van der Waals surface area contributed by atoms with E-state index in [1.54, 1.807) is 14.0 Å². The summed E-state index contributed by atoms with van der Waals surface area (Å²) in [6, 6.07) is 1.89. The Labute approximate surface area is 76.2 Å². The number of nitrogens with two attached hydrogens (primary N) is 1. The summed E-state index contributed by atoms with van der Waals surface area (Å²) in [6.07, 6.45) is 1.18. The van der Waals surface area contributed by atoms with Gasteiger partial charge in [0.05, 0.1) is 6.20 Å². The second-order valence-electron chi connectivity index (χ2n) is 2.52. The Morgan fingerprint density at radius 3 is 2.85 bits per heavy atom. The normalized spacial score (nSPS) is 12.1. The van der Waals surface area contributed by atoms with E-state index in [0.29, 0.717) is 5.82 Å². The molecule has 5 nitrogen and oxygen atoms in total. The maximum absolute atomic E-state index is 8.56. The maximum atomic E-state index is 8.56. The van der Waals surface area contributed by atoms with Crippen LogP contribution >= 0.6 is 0 Å². The van der Waals surface area contributed by atoms with Gasteiger partial charge in [-0.2, -0.15) is 5.26 Å². The Hall–Kier alpha value is -1.67. The maximum Gasteiger partial charge on any atom is 0.159 e. The van der Waals surface area contributed by atoms with Crippen LogP contribution < -0.4 is 5.73 Å². The number of nitrogen functional groups attached to an aromatic ring is 1. The molecule has 2 N–H and O–H groups in total. The SMILES string of the molecule is COC(C)c1ncc(C#N)c(N)n1. The first-order chi connectivity index (χ1) is 6.19. The van der Waals surface area contributed by atoms with Crippen molar-refractivity contribution in [2.45, 2.75) is 13.0 Å². The van der Waals surface area contributed by atoms with Crippen molar-refractivity contribution in [3.8, 4) is 6.07 Å². The van der Waals surface area contributed by atoms with Gasteiger partial charge in [-0.05, 0) is 6.92 Å². The average molecular weight is 178 g/mol. The lowest BCUT2D eigenvalue weighted by Gasteiger charge is -2.07. The first kappa shape index (κ1) is 9.42. The number of nitriles is 1. The summed E-state index contributed by atoms with van der Waals surface area (Å²) in [6.45, 7) is 1.81. The van der Waals surface area contributed by atoms with Crippen LogP contribution in [0.15, 0.2) is 6.20 Å². The van der Waals surface area contributed by atoms with Crippen molar-refractivity contribution >= 4 is 5.82 Å². The highest BCUT2D eigenvalue weighted by Gasteiger charge is 2.09. The first-order valence-corrected chi connectivity index (χ1v) is 3.74. The molecule has 13 heavy (non-hydrogen) atoms. The molecule has 0 spiro atoms. The fourth-order valence-electron chi connectivity index (χ4n) is 0.797. The Morgan fingerprint density at radius 2 is 2.38 bits per heavy atom. The smallest absolute Gasteiger partial charge is 0.159 e. The predicted molar refractivity (Wildman–Crippen MR) is 46.6 cm³/mol. The number of ether oxygens (including phenoxy) is 1. The zero-order valence-corrected chi connectivity index (χ0v) is 7.48. The summed E-state index contributed by atoms with van der Waals surface area (Å²) in [5.74, 6) is 0.676. The van der Waals surface area contributed by atoms with Gasteiger partial charge in [0.2, 0.25) is 0 Å². The predicted octanol–water partition coefficient (Wildman–Crippen LogP) is 0.638. The highest BCUT2D eigenvalue weighted by atomic mass is 16.5. The number of nitrogens with zero attached hydrogens (tertiary/aromatic N) is 3. The lowest BCUT2D eigenvalue weighted by Crippen LogP contribution is -2.06. The minimum atomic E-state index is -0.213. The molecule has 0 saturated heterocycles. The molecule has 68 valence electrons. The summed E-state index contributed by atoms with van der Waals surface area (Å²) < 4.78 is 5.00. The van der Waals surface area contributed by atoms with Gasteiger partial charge in [0.25, 0.3) is 0 Å². The number of methoxy groups -OCH3 is 1. The quantitative estimate of drug-likeness (QED) is 0.718. The largest absolute Gasteiger partial charge is 0.382 e. The summed E-state index contributed by atoms with van der Waals surface area (Å²) in [5, 5.41) is 8.56. The first-order valence-electron chi connectivity index (χ1n) is 3.74. The number of aromatic nitrogens is 2. The van der Waals surface area contributed by atoms with Gasteiger partial charge < -0.3 is 10.5 Å². The third kappa shape index (κ3) is 1.92. The molecule has 0 fully saturated rings. The highest BCUT2D eigenvalue weighted by Crippen LogP contribution is 2.13. The van der Waals surface area contributed by atoms with Gasteiger partial charge in [0.1, 0.15) is 23.6 Å². The van der Waals surface area contributed by atoms with Gasteiger partial charge in [-0.1, -0.05) is 0 Å². The minimum absolute atomic E-state index is 0.191. The Morgan fingerprint density at radius 1 is 1.69 bits per heavy atom. The van der Waals surface area contributed by atoms with Crippen LogP contribution in [0.1, 0.15) is 24.4 Å². The van der Waals surface area contributed by atoms with Gasteiger partial charge >= 0.3 is 0 Å². The van der Waals surface area contributed by atoms with E-state index in [-0.39, 0.29) is 17.5 Å². The molecule has 0 aliphatic heterocycles. The molecule has 1 aromatic rings. The molecular weight excluding hydrogens is 168 g/mol. The molecule has 0 aliphatic carbocycles. The molecular formula is C8H10N4O. The fraction of sp³-hybridized carbons (Fsp3) is 0.375. The topological polar surface area (TPSA) is 84.8 Å². The molecule has 0 amide bonds. The van der Waals surface area contributed by atoms with E-state index in [1.807, 2.05) is 6.07 Å². The van der Waals surface area contributed by atoms with E-state index in [9.17, 15) is 0 Å². The van der Waals surface area contributed by atoms with Crippen LogP contribution in [0.25, 0.3) is 0 Å². The van der Waals surface area contributed by atoms with Crippen LogP contribution in [-0.4, -0.2) is 17.1 Å². The second-order valence-corrected chi connectivity index (χ2v) is 2.52. The summed E-state index contributed by atoms with van der Waals surface area (Å²) in [7, 11) is 1.56. The van der Waals surface area contributed by atoms with Crippen LogP contribution in [0, 0.1) is 11.3 Å². The van der Waals surface area contributed by atoms with Crippen LogP contribution in [0.2, 0.25) is 0 Å². The van der Waals surface area contributed by atoms with Crippen molar-refractivity contribution in [1.82, 2.24) is 9.97 Å². The van der Waals surface area contributed by atoms with Crippen LogP contribution in [0.3, 0.4) is 0 Å². The molecule has 0 bridgehead atoms. The molecule has 1 rings (SSSR count). The Balaban J connectivity index is 3.04. The fourth-order valence-corrected chi connectivity index (χ4v) is 0.797. The van der Waals surface area contributed by atoms with Gasteiger partial charge in [0, 0.05) is 7.11 Å². The average Bonchev–Trinajstić information content (AvgIpc) is 2.16. The van der Waals surface area contributed by atoms with Crippen LogP contribution in [0.5, 0.6) is 0 Å². The number of anilines is 1. The molecule has 0 aromatic carbocycles. The van der Waals surface area contributed by atoms with E-state index in [0.717, 1.165) is 0 Å². The summed E-state index contributed by atoms with van der Waals surface area (Å²) >= 11 is 0. The number of hydrogen-bond donors (Lipinski definition) is 1. The monoisotopic (exact) mass is 178 g/mol. The van der Waals surface area contributed by atoms with E-state index in [4.69, 9.17) is 15.7 Å². The van der Waals surface area contributed by atoms with E-state index >= 15 is 0 Å². The van der Waals surface area contributed by atoms with Gasteiger partial charge in [-0.25, -0.2) is 9.97 Å². The van der Waals surface area contributed by atoms with Gasteiger partial charge in [-0.15, -0.1) is 0 Å². The summed E-state index contributed by atoms with van der Waals surface area (Å²) in [5.41, 5.74) is 5.78. The third-order valence-corrected chi connectivity index (χ3v) is 1.67. The van der Waals surface area contributed by atoms with Crippen molar-refractivity contribution in [3.63, 3.8) is 0 Å². The molecule has 5 heteroatoms. The van der Waals surface area contributed by atoms with Gasteiger partial charge in [-0.3, -0.25) is 0 Å². The Bertz CT molecular complexity index is 344. The molecule has 1 atom stereocenters. The van der Waals surface area contributed by atoms with Crippen molar-refractivity contribution in [2.24, 2.45) is 0 Å². The molecule has 1 heterocycles. The Kier molecular flexibility index (Phi) is 2.77. The zero-order valence-electron chi connectivity index (χ0n) is 7.48. The summed E-state index contributed by atoms with van der Waals surface area (Å²) in [4.78, 5) is 7.88. The molecule has 0 saturated carbocycles. The number of rotatable bonds is 2. The van der Waals surface area contributed by atoms with E-state index < -0.39 is 0 Å². The highest BCUT2D eigenvalue weighted by molar-refractivity contribution is 5.46. The molecule has 1 aromatic heterocycles. The lowest BCUT2D eigenvalue weighted by molar-refractivity contribution is 0.112. The van der Waals surface area contributed by atoms with Gasteiger partial charge in [0.15, 0.2) is 5.82 Å². The van der Waals surface area contributed by atoms with Crippen LogP contribution in [0.4, 0.5) is 5.82 Å². The van der Waals surface area contributed by atoms with E-state index in [2.05, 4.69) is 9.97 Å². The lowest BCUT2D eigenvalue weighted by atomic mass is 10.3. The third-order valence-electron chi connectivity index (χ3n) is 1.67. The van der Waals surface area contributed by atoms with Crippen molar-refractivity contribution < 1.29 is 4.74 Å². The zero-order chi connectivity index (χ0) is 9.84. The second kappa shape index (κ2) is 3.83. The van der Waals surface area contributed by atoms with Crippen LogP contribution in [-0.2, 0) is 4.74 Å². The van der Waals surface area contributed by atoms with Crippen molar-refractivity contribution in [3.05, 3.63) is 17.6 Å². The van der Waals surface area contributed by atoms with Crippen molar-refractivity contribution in [1.29, 1.82) is 5.26 Å². The molecule has 1 unspecified atom stereocenters. The molecule has 0 radical (unpaired) electrons. The molecule has 0 aliphatic rings. The number of hydrogen-bond acceptors (Lipinski definition) is 5. The van der Waals surface area contributed by atoms with E-state index in [1.165, 1.54) is 6.20 Å².